The summed E-state index contributed by atoms with van der Waals surface area (Å²) >= 11 is 3.51. The fourth-order valence-electron chi connectivity index (χ4n) is 1.64. The first kappa shape index (κ1) is 13.2. The van der Waals surface area contributed by atoms with Gasteiger partial charge < -0.3 is 14.8 Å². The van der Waals surface area contributed by atoms with E-state index in [9.17, 15) is 0 Å². The molecule has 1 N–H and O–H groups in total. The molecule has 2 rings (SSSR count). The molecule has 18 heavy (non-hydrogen) atoms. The topological polar surface area (TPSA) is 54.3 Å². The number of hydrogen-bond acceptors (Lipinski definition) is 4. The number of ether oxygens (including phenoxy) is 2. The summed E-state index contributed by atoms with van der Waals surface area (Å²) in [7, 11) is 0. The van der Waals surface area contributed by atoms with Crippen molar-refractivity contribution in [1.29, 1.82) is 5.26 Å². The van der Waals surface area contributed by atoms with E-state index in [0.717, 1.165) is 21.5 Å². The summed E-state index contributed by atoms with van der Waals surface area (Å²) in [4.78, 5) is 0. The maximum atomic E-state index is 8.94. The molecule has 0 fully saturated rings. The first-order valence-electron chi connectivity index (χ1n) is 5.72. The van der Waals surface area contributed by atoms with Gasteiger partial charge in [0.2, 0.25) is 6.79 Å². The molecular weight excluding hydrogens is 296 g/mol. The van der Waals surface area contributed by atoms with Gasteiger partial charge in [-0.2, -0.15) is 5.26 Å². The van der Waals surface area contributed by atoms with E-state index in [1.807, 2.05) is 26.0 Å². The smallest absolute Gasteiger partial charge is 0.231 e. The first-order valence-corrected chi connectivity index (χ1v) is 6.51. The van der Waals surface area contributed by atoms with Gasteiger partial charge in [0.05, 0.1) is 11.5 Å². The second kappa shape index (κ2) is 5.17. The lowest BCUT2D eigenvalue weighted by Gasteiger charge is -2.16. The standard InChI is InChI=1S/C13H15BrN2O2/c1-13(2,6-15)7-16-5-9-3-11-12(4-10(9)14)18-8-17-11/h3-4,16H,5,7-8H2,1-2H3. The Morgan fingerprint density at radius 2 is 2.06 bits per heavy atom. The van der Waals surface area contributed by atoms with Crippen LogP contribution in [0.3, 0.4) is 0 Å². The van der Waals surface area contributed by atoms with Crippen molar-refractivity contribution in [3.63, 3.8) is 0 Å². The average Bonchev–Trinajstić information content (AvgIpc) is 2.76. The summed E-state index contributed by atoms with van der Waals surface area (Å²) in [5.74, 6) is 1.54. The Hall–Kier alpha value is -1.25. The molecule has 5 heteroatoms. The highest BCUT2D eigenvalue weighted by Crippen LogP contribution is 2.36. The molecule has 0 saturated carbocycles. The fourth-order valence-corrected chi connectivity index (χ4v) is 2.11. The fraction of sp³-hybridized carbons (Fsp3) is 0.462. The number of benzene rings is 1. The summed E-state index contributed by atoms with van der Waals surface area (Å²) in [5, 5.41) is 12.2. The second-order valence-corrected chi connectivity index (χ2v) is 5.75. The highest BCUT2D eigenvalue weighted by molar-refractivity contribution is 9.10. The van der Waals surface area contributed by atoms with E-state index in [1.165, 1.54) is 0 Å². The zero-order chi connectivity index (χ0) is 13.2. The lowest BCUT2D eigenvalue weighted by molar-refractivity contribution is 0.174. The summed E-state index contributed by atoms with van der Waals surface area (Å²) < 4.78 is 11.6. The molecule has 1 heterocycles. The number of nitrogens with one attached hydrogen (secondary N) is 1. The van der Waals surface area contributed by atoms with Crippen LogP contribution in [0.2, 0.25) is 0 Å². The van der Waals surface area contributed by atoms with Crippen molar-refractivity contribution < 1.29 is 9.47 Å². The molecule has 1 aliphatic rings. The largest absolute Gasteiger partial charge is 0.454 e. The quantitative estimate of drug-likeness (QED) is 0.929. The van der Waals surface area contributed by atoms with Crippen LogP contribution in [0.25, 0.3) is 0 Å². The van der Waals surface area contributed by atoms with Crippen LogP contribution >= 0.6 is 15.9 Å². The molecule has 0 bridgehead atoms. The maximum absolute atomic E-state index is 8.94. The normalized spacial score (nSPS) is 13.4. The predicted octanol–water partition coefficient (Wildman–Crippen LogP) is 2.82. The van der Waals surface area contributed by atoms with E-state index in [1.54, 1.807) is 0 Å². The summed E-state index contributed by atoms with van der Waals surface area (Å²) in [6, 6.07) is 6.13. The van der Waals surface area contributed by atoms with Crippen LogP contribution in [0, 0.1) is 16.7 Å². The lowest BCUT2D eigenvalue weighted by Crippen LogP contribution is -2.27. The van der Waals surface area contributed by atoms with E-state index in [-0.39, 0.29) is 12.2 Å². The Morgan fingerprint density at radius 3 is 2.72 bits per heavy atom. The molecule has 0 unspecified atom stereocenters. The molecule has 4 nitrogen and oxygen atoms in total. The molecule has 0 aliphatic carbocycles. The number of nitriles is 1. The Morgan fingerprint density at radius 1 is 1.39 bits per heavy atom. The van der Waals surface area contributed by atoms with E-state index in [2.05, 4.69) is 27.3 Å². The summed E-state index contributed by atoms with van der Waals surface area (Å²) in [6.45, 7) is 5.43. The molecule has 0 spiro atoms. The van der Waals surface area contributed by atoms with E-state index in [4.69, 9.17) is 14.7 Å². The van der Waals surface area contributed by atoms with Crippen molar-refractivity contribution in [1.82, 2.24) is 5.32 Å². The number of fused-ring (bicyclic) bond motifs is 1. The zero-order valence-corrected chi connectivity index (χ0v) is 12.0. The Kier molecular flexibility index (Phi) is 3.79. The minimum absolute atomic E-state index is 0.278. The number of halogens is 1. The third-order valence-electron chi connectivity index (χ3n) is 2.73. The summed E-state index contributed by atoms with van der Waals surface area (Å²) in [6.07, 6.45) is 0. The van der Waals surface area contributed by atoms with Crippen molar-refractivity contribution in [2.75, 3.05) is 13.3 Å². The SMILES string of the molecule is CC(C)(C#N)CNCc1cc2c(cc1Br)OCO2. The van der Waals surface area contributed by atoms with Crippen LogP contribution in [-0.4, -0.2) is 13.3 Å². The van der Waals surface area contributed by atoms with Crippen LogP contribution in [0.5, 0.6) is 11.5 Å². The van der Waals surface area contributed by atoms with Gasteiger partial charge in [-0.3, -0.25) is 0 Å². The zero-order valence-electron chi connectivity index (χ0n) is 10.4. The van der Waals surface area contributed by atoms with E-state index >= 15 is 0 Å². The van der Waals surface area contributed by atoms with Crippen molar-refractivity contribution >= 4 is 15.9 Å². The van der Waals surface area contributed by atoms with Gasteiger partial charge in [0.25, 0.3) is 0 Å². The molecule has 1 aliphatic heterocycles. The molecule has 0 amide bonds. The van der Waals surface area contributed by atoms with E-state index < -0.39 is 0 Å². The number of nitrogens with zero attached hydrogens (tertiary/aromatic N) is 1. The van der Waals surface area contributed by atoms with E-state index in [0.29, 0.717) is 13.1 Å². The van der Waals surface area contributed by atoms with Crippen molar-refractivity contribution in [3.05, 3.63) is 22.2 Å². The highest BCUT2D eigenvalue weighted by atomic mass is 79.9. The van der Waals surface area contributed by atoms with Gasteiger partial charge in [0.15, 0.2) is 11.5 Å². The van der Waals surface area contributed by atoms with Gasteiger partial charge in [0, 0.05) is 17.6 Å². The molecular formula is C13H15BrN2O2. The first-order chi connectivity index (χ1) is 8.52. The third-order valence-corrected chi connectivity index (χ3v) is 3.46. The maximum Gasteiger partial charge on any atom is 0.231 e. The molecule has 1 aromatic rings. The van der Waals surface area contributed by atoms with Crippen molar-refractivity contribution in [2.24, 2.45) is 5.41 Å². The van der Waals surface area contributed by atoms with Crippen molar-refractivity contribution in [2.45, 2.75) is 20.4 Å². The monoisotopic (exact) mass is 310 g/mol. The van der Waals surface area contributed by atoms with Crippen LogP contribution in [-0.2, 0) is 6.54 Å². The molecule has 0 radical (unpaired) electrons. The minimum Gasteiger partial charge on any atom is -0.454 e. The van der Waals surface area contributed by atoms with Gasteiger partial charge >= 0.3 is 0 Å². The van der Waals surface area contributed by atoms with Crippen LogP contribution in [0.1, 0.15) is 19.4 Å². The van der Waals surface area contributed by atoms with Crippen LogP contribution in [0.15, 0.2) is 16.6 Å². The molecule has 0 aromatic heterocycles. The third kappa shape index (κ3) is 2.95. The van der Waals surface area contributed by atoms with Gasteiger partial charge in [0.1, 0.15) is 0 Å². The molecule has 1 aromatic carbocycles. The Balaban J connectivity index is 2.00. The van der Waals surface area contributed by atoms with Crippen LogP contribution < -0.4 is 14.8 Å². The lowest BCUT2D eigenvalue weighted by atomic mass is 9.96. The molecule has 0 atom stereocenters. The van der Waals surface area contributed by atoms with Gasteiger partial charge in [-0.05, 0) is 31.5 Å². The van der Waals surface area contributed by atoms with Gasteiger partial charge in [-0.1, -0.05) is 15.9 Å². The summed E-state index contributed by atoms with van der Waals surface area (Å²) in [5.41, 5.74) is 0.732. The number of hydrogen-bond donors (Lipinski definition) is 1. The molecule has 96 valence electrons. The van der Waals surface area contributed by atoms with Gasteiger partial charge in [-0.15, -0.1) is 0 Å². The second-order valence-electron chi connectivity index (χ2n) is 4.90. The highest BCUT2D eigenvalue weighted by Gasteiger charge is 2.18. The Labute approximate surface area is 115 Å². The van der Waals surface area contributed by atoms with Crippen LogP contribution in [0.4, 0.5) is 0 Å². The Bertz CT molecular complexity index is 494. The molecule has 0 saturated heterocycles. The minimum atomic E-state index is -0.358. The average molecular weight is 311 g/mol. The van der Waals surface area contributed by atoms with Gasteiger partial charge in [-0.25, -0.2) is 0 Å². The number of rotatable bonds is 4. The predicted molar refractivity (Wildman–Crippen MR) is 71.4 cm³/mol. The van der Waals surface area contributed by atoms with Crippen molar-refractivity contribution in [3.8, 4) is 17.6 Å².